The van der Waals surface area contributed by atoms with Gasteiger partial charge in [0.1, 0.15) is 6.07 Å². The number of hydrogen-bond acceptors (Lipinski definition) is 3. The van der Waals surface area contributed by atoms with Gasteiger partial charge in [0.15, 0.2) is 0 Å². The Morgan fingerprint density at radius 3 is 2.65 bits per heavy atom. The summed E-state index contributed by atoms with van der Waals surface area (Å²) in [6, 6.07) is 9.00. The highest BCUT2D eigenvalue weighted by atomic mass is 16.4. The van der Waals surface area contributed by atoms with Gasteiger partial charge >= 0.3 is 5.97 Å². The molecule has 0 aliphatic carbocycles. The predicted molar refractivity (Wildman–Crippen MR) is 59.6 cm³/mol. The summed E-state index contributed by atoms with van der Waals surface area (Å²) in [6.07, 6.45) is 3.10. The molecule has 5 nitrogen and oxygen atoms in total. The lowest BCUT2D eigenvalue weighted by Gasteiger charge is -2.02. The highest BCUT2D eigenvalue weighted by Gasteiger charge is 2.02. The molecule has 0 unspecified atom stereocenters. The highest BCUT2D eigenvalue weighted by Crippen LogP contribution is 2.10. The normalized spacial score (nSPS) is 9.82. The Bertz CT molecular complexity index is 579. The molecule has 1 heterocycles. The van der Waals surface area contributed by atoms with Crippen LogP contribution in [0.3, 0.4) is 0 Å². The van der Waals surface area contributed by atoms with E-state index in [2.05, 4.69) is 5.10 Å². The SMILES string of the molecule is N#Cc1cnn(-c2ccc(CC(=O)O)cc2)c1. The molecule has 84 valence electrons. The first kappa shape index (κ1) is 10.9. The van der Waals surface area contributed by atoms with Crippen molar-refractivity contribution < 1.29 is 9.90 Å². The number of benzene rings is 1. The Labute approximate surface area is 97.5 Å². The molecule has 2 rings (SSSR count). The number of nitriles is 1. The van der Waals surface area contributed by atoms with Crippen molar-refractivity contribution in [3.05, 3.63) is 47.8 Å². The Kier molecular flexibility index (Phi) is 2.88. The molecule has 1 aromatic carbocycles. The number of carboxylic acid groups (broad SMARTS) is 1. The molecular weight excluding hydrogens is 218 g/mol. The smallest absolute Gasteiger partial charge is 0.307 e. The second kappa shape index (κ2) is 4.49. The summed E-state index contributed by atoms with van der Waals surface area (Å²) in [6.45, 7) is 0. The maximum absolute atomic E-state index is 10.5. The molecule has 0 aliphatic rings. The third-order valence-electron chi connectivity index (χ3n) is 2.27. The van der Waals surface area contributed by atoms with Gasteiger partial charge in [-0.2, -0.15) is 10.4 Å². The maximum Gasteiger partial charge on any atom is 0.307 e. The highest BCUT2D eigenvalue weighted by molar-refractivity contribution is 5.70. The van der Waals surface area contributed by atoms with E-state index in [0.717, 1.165) is 11.3 Å². The van der Waals surface area contributed by atoms with Crippen molar-refractivity contribution in [2.45, 2.75) is 6.42 Å². The van der Waals surface area contributed by atoms with E-state index in [1.807, 2.05) is 6.07 Å². The van der Waals surface area contributed by atoms with Gasteiger partial charge in [0, 0.05) is 6.20 Å². The number of aliphatic carboxylic acids is 1. The predicted octanol–water partition coefficient (Wildman–Crippen LogP) is 1.37. The van der Waals surface area contributed by atoms with Gasteiger partial charge in [-0.05, 0) is 17.7 Å². The van der Waals surface area contributed by atoms with E-state index in [1.54, 1.807) is 35.1 Å². The number of carboxylic acids is 1. The summed E-state index contributed by atoms with van der Waals surface area (Å²) in [5, 5.41) is 21.3. The first-order valence-corrected chi connectivity index (χ1v) is 4.95. The molecule has 0 fully saturated rings. The molecule has 0 aliphatic heterocycles. The standard InChI is InChI=1S/C12H9N3O2/c13-6-10-7-14-15(8-10)11-3-1-9(2-4-11)5-12(16)17/h1-4,7-8H,5H2,(H,16,17). The fourth-order valence-corrected chi connectivity index (χ4v) is 1.46. The van der Waals surface area contributed by atoms with E-state index in [4.69, 9.17) is 10.4 Å². The van der Waals surface area contributed by atoms with E-state index in [-0.39, 0.29) is 6.42 Å². The van der Waals surface area contributed by atoms with Gasteiger partial charge in [0.2, 0.25) is 0 Å². The van der Waals surface area contributed by atoms with E-state index in [0.29, 0.717) is 5.56 Å². The van der Waals surface area contributed by atoms with Crippen LogP contribution in [0.1, 0.15) is 11.1 Å². The molecule has 1 aromatic heterocycles. The van der Waals surface area contributed by atoms with Crippen molar-refractivity contribution in [2.75, 3.05) is 0 Å². The van der Waals surface area contributed by atoms with Crippen molar-refractivity contribution in [3.8, 4) is 11.8 Å². The van der Waals surface area contributed by atoms with Crippen LogP contribution >= 0.6 is 0 Å². The van der Waals surface area contributed by atoms with Crippen molar-refractivity contribution in [1.82, 2.24) is 9.78 Å². The van der Waals surface area contributed by atoms with E-state index in [9.17, 15) is 4.79 Å². The molecule has 0 atom stereocenters. The zero-order valence-corrected chi connectivity index (χ0v) is 8.87. The topological polar surface area (TPSA) is 78.9 Å². The molecule has 2 aromatic rings. The van der Waals surface area contributed by atoms with Crippen LogP contribution in [-0.2, 0) is 11.2 Å². The van der Waals surface area contributed by atoms with Gasteiger partial charge in [-0.25, -0.2) is 4.68 Å². The molecule has 1 N–H and O–H groups in total. The van der Waals surface area contributed by atoms with Gasteiger partial charge in [0.25, 0.3) is 0 Å². The van der Waals surface area contributed by atoms with Gasteiger partial charge < -0.3 is 5.11 Å². The van der Waals surface area contributed by atoms with Crippen LogP contribution in [0.15, 0.2) is 36.7 Å². The van der Waals surface area contributed by atoms with Crippen LogP contribution in [0.2, 0.25) is 0 Å². The first-order valence-electron chi connectivity index (χ1n) is 4.95. The zero-order valence-electron chi connectivity index (χ0n) is 8.87. The minimum Gasteiger partial charge on any atom is -0.481 e. The van der Waals surface area contributed by atoms with Crippen LogP contribution in [-0.4, -0.2) is 20.9 Å². The summed E-state index contributed by atoms with van der Waals surface area (Å²) in [4.78, 5) is 10.5. The fraction of sp³-hybridized carbons (Fsp3) is 0.0833. The molecule has 0 amide bonds. The molecule has 0 saturated heterocycles. The van der Waals surface area contributed by atoms with Gasteiger partial charge in [0.05, 0.1) is 23.9 Å². The lowest BCUT2D eigenvalue weighted by atomic mass is 10.1. The minimum atomic E-state index is -0.858. The molecule has 0 spiro atoms. The number of hydrogen-bond donors (Lipinski definition) is 1. The number of rotatable bonds is 3. The summed E-state index contributed by atoms with van der Waals surface area (Å²) in [5.41, 5.74) is 2.01. The lowest BCUT2D eigenvalue weighted by molar-refractivity contribution is -0.136. The van der Waals surface area contributed by atoms with E-state index in [1.165, 1.54) is 6.20 Å². The number of nitrogens with zero attached hydrogens (tertiary/aromatic N) is 3. The van der Waals surface area contributed by atoms with Gasteiger partial charge in [-0.15, -0.1) is 0 Å². The number of aromatic nitrogens is 2. The third kappa shape index (κ3) is 2.49. The fourth-order valence-electron chi connectivity index (χ4n) is 1.46. The van der Waals surface area contributed by atoms with Gasteiger partial charge in [-0.1, -0.05) is 12.1 Å². The Balaban J connectivity index is 2.23. The van der Waals surface area contributed by atoms with Crippen molar-refractivity contribution in [1.29, 1.82) is 5.26 Å². The van der Waals surface area contributed by atoms with E-state index < -0.39 is 5.97 Å². The largest absolute Gasteiger partial charge is 0.481 e. The van der Waals surface area contributed by atoms with Crippen molar-refractivity contribution in [3.63, 3.8) is 0 Å². The zero-order chi connectivity index (χ0) is 12.3. The molecule has 5 heteroatoms. The summed E-state index contributed by atoms with van der Waals surface area (Å²) < 4.78 is 1.57. The number of carbonyl (C=O) groups is 1. The van der Waals surface area contributed by atoms with Crippen molar-refractivity contribution >= 4 is 5.97 Å². The average Bonchev–Trinajstić information content (AvgIpc) is 2.78. The Morgan fingerprint density at radius 2 is 2.12 bits per heavy atom. The van der Waals surface area contributed by atoms with E-state index >= 15 is 0 Å². The molecular formula is C12H9N3O2. The second-order valence-corrected chi connectivity index (χ2v) is 3.52. The van der Waals surface area contributed by atoms with Crippen LogP contribution in [0, 0.1) is 11.3 Å². The molecule has 0 saturated carbocycles. The third-order valence-corrected chi connectivity index (χ3v) is 2.27. The maximum atomic E-state index is 10.5. The summed E-state index contributed by atoms with van der Waals surface area (Å²) in [7, 11) is 0. The quantitative estimate of drug-likeness (QED) is 0.858. The minimum absolute atomic E-state index is 0.00281. The summed E-state index contributed by atoms with van der Waals surface area (Å²) in [5.74, 6) is -0.858. The van der Waals surface area contributed by atoms with Crippen LogP contribution in [0.25, 0.3) is 5.69 Å². The lowest BCUT2D eigenvalue weighted by Crippen LogP contribution is -2.00. The van der Waals surface area contributed by atoms with Gasteiger partial charge in [-0.3, -0.25) is 4.79 Å². The summed E-state index contributed by atoms with van der Waals surface area (Å²) >= 11 is 0. The molecule has 0 bridgehead atoms. The van der Waals surface area contributed by atoms with Crippen LogP contribution < -0.4 is 0 Å². The Hall–Kier alpha value is -2.61. The van der Waals surface area contributed by atoms with Crippen LogP contribution in [0.5, 0.6) is 0 Å². The van der Waals surface area contributed by atoms with Crippen LogP contribution in [0.4, 0.5) is 0 Å². The molecule has 0 radical (unpaired) electrons. The average molecular weight is 227 g/mol. The molecule has 17 heavy (non-hydrogen) atoms. The van der Waals surface area contributed by atoms with Crippen molar-refractivity contribution in [2.24, 2.45) is 0 Å². The monoisotopic (exact) mass is 227 g/mol. The Morgan fingerprint density at radius 1 is 1.41 bits per heavy atom. The first-order chi connectivity index (χ1) is 8.19. The second-order valence-electron chi connectivity index (χ2n) is 3.52.